The van der Waals surface area contributed by atoms with Crippen LogP contribution in [0.25, 0.3) is 0 Å². The van der Waals surface area contributed by atoms with E-state index in [-0.39, 0.29) is 6.10 Å². The number of rotatable bonds is 8. The van der Waals surface area contributed by atoms with Gasteiger partial charge in [-0.15, -0.1) is 0 Å². The molecule has 4 heteroatoms. The Bertz CT molecular complexity index is 836. The standard InChI is InChI=1S/C24H27NO3/c1-2-3-4-5-6-7-21-14-10-19-16-20(11-15-23(19)27-21)24(26)28-22-12-8-18(17-25)9-13-22/h8-9,11-13,15-16,21H,2-7,10,14H2,1H3/t21-/m0/s1. The van der Waals surface area contributed by atoms with Gasteiger partial charge in [0, 0.05) is 0 Å². The lowest BCUT2D eigenvalue weighted by Gasteiger charge is -2.26. The predicted octanol–water partition coefficient (Wildman–Crippen LogP) is 5.83. The molecule has 0 aliphatic carbocycles. The van der Waals surface area contributed by atoms with Crippen molar-refractivity contribution in [1.82, 2.24) is 0 Å². The molecule has 0 saturated carbocycles. The van der Waals surface area contributed by atoms with Crippen molar-refractivity contribution in [3.05, 3.63) is 59.2 Å². The first kappa shape index (κ1) is 19.9. The number of carbonyl (C=O) groups is 1. The first-order chi connectivity index (χ1) is 13.7. The Morgan fingerprint density at radius 2 is 1.93 bits per heavy atom. The van der Waals surface area contributed by atoms with E-state index in [0.717, 1.165) is 30.6 Å². The highest BCUT2D eigenvalue weighted by Gasteiger charge is 2.21. The van der Waals surface area contributed by atoms with Crippen LogP contribution < -0.4 is 9.47 Å². The van der Waals surface area contributed by atoms with Gasteiger partial charge in [0.25, 0.3) is 0 Å². The highest BCUT2D eigenvalue weighted by molar-refractivity contribution is 5.91. The zero-order valence-electron chi connectivity index (χ0n) is 16.4. The molecule has 0 saturated heterocycles. The average Bonchev–Trinajstić information content (AvgIpc) is 2.73. The van der Waals surface area contributed by atoms with Crippen LogP contribution >= 0.6 is 0 Å². The minimum Gasteiger partial charge on any atom is -0.490 e. The monoisotopic (exact) mass is 377 g/mol. The summed E-state index contributed by atoms with van der Waals surface area (Å²) in [6.07, 6.45) is 9.69. The smallest absolute Gasteiger partial charge is 0.343 e. The van der Waals surface area contributed by atoms with Crippen molar-refractivity contribution in [2.24, 2.45) is 0 Å². The molecule has 0 amide bonds. The highest BCUT2D eigenvalue weighted by atomic mass is 16.5. The number of fused-ring (bicyclic) bond motifs is 1. The van der Waals surface area contributed by atoms with E-state index in [9.17, 15) is 4.79 Å². The van der Waals surface area contributed by atoms with Crippen molar-refractivity contribution >= 4 is 5.97 Å². The van der Waals surface area contributed by atoms with Crippen molar-refractivity contribution < 1.29 is 14.3 Å². The molecule has 146 valence electrons. The molecule has 0 bridgehead atoms. The molecule has 0 unspecified atom stereocenters. The lowest BCUT2D eigenvalue weighted by Crippen LogP contribution is -2.23. The van der Waals surface area contributed by atoms with Gasteiger partial charge in [-0.3, -0.25) is 0 Å². The van der Waals surface area contributed by atoms with Crippen LogP contribution in [-0.2, 0) is 6.42 Å². The molecule has 0 N–H and O–H groups in total. The summed E-state index contributed by atoms with van der Waals surface area (Å²) < 4.78 is 11.5. The minimum atomic E-state index is -0.398. The second-order valence-corrected chi connectivity index (χ2v) is 7.33. The van der Waals surface area contributed by atoms with Crippen LogP contribution in [0.15, 0.2) is 42.5 Å². The summed E-state index contributed by atoms with van der Waals surface area (Å²) >= 11 is 0. The first-order valence-electron chi connectivity index (χ1n) is 10.2. The maximum absolute atomic E-state index is 12.4. The normalized spacial score (nSPS) is 15.2. The fraction of sp³-hybridized carbons (Fsp3) is 0.417. The van der Waals surface area contributed by atoms with Gasteiger partial charge in [-0.05, 0) is 73.7 Å². The first-order valence-corrected chi connectivity index (χ1v) is 10.2. The van der Waals surface area contributed by atoms with Gasteiger partial charge in [-0.2, -0.15) is 5.26 Å². The van der Waals surface area contributed by atoms with E-state index in [1.807, 2.05) is 18.2 Å². The summed E-state index contributed by atoms with van der Waals surface area (Å²) in [6, 6.07) is 14.1. The molecule has 0 fully saturated rings. The van der Waals surface area contributed by atoms with Crippen molar-refractivity contribution in [3.8, 4) is 17.6 Å². The number of nitrogens with zero attached hydrogens (tertiary/aromatic N) is 1. The number of nitriles is 1. The summed E-state index contributed by atoms with van der Waals surface area (Å²) in [5.41, 5.74) is 2.12. The van der Waals surface area contributed by atoms with Gasteiger partial charge >= 0.3 is 5.97 Å². The quantitative estimate of drug-likeness (QED) is 0.330. The Morgan fingerprint density at radius 1 is 1.14 bits per heavy atom. The number of unbranched alkanes of at least 4 members (excludes halogenated alkanes) is 4. The zero-order chi connectivity index (χ0) is 19.8. The summed E-state index contributed by atoms with van der Waals surface area (Å²) in [5.74, 6) is 0.923. The third-order valence-electron chi connectivity index (χ3n) is 5.15. The van der Waals surface area contributed by atoms with Crippen molar-refractivity contribution in [2.45, 2.75) is 64.4 Å². The molecular weight excluding hydrogens is 350 g/mol. The van der Waals surface area contributed by atoms with Gasteiger partial charge in [0.2, 0.25) is 0 Å². The third-order valence-corrected chi connectivity index (χ3v) is 5.15. The van der Waals surface area contributed by atoms with Crippen LogP contribution in [0.1, 0.15) is 73.4 Å². The van der Waals surface area contributed by atoms with Gasteiger partial charge in [-0.1, -0.05) is 32.6 Å². The van der Waals surface area contributed by atoms with E-state index in [1.54, 1.807) is 30.3 Å². The highest BCUT2D eigenvalue weighted by Crippen LogP contribution is 2.30. The number of carbonyl (C=O) groups excluding carboxylic acids is 1. The van der Waals surface area contributed by atoms with E-state index < -0.39 is 5.97 Å². The molecule has 0 spiro atoms. The molecule has 3 rings (SSSR count). The minimum absolute atomic E-state index is 0.283. The molecule has 1 heterocycles. The van der Waals surface area contributed by atoms with E-state index in [0.29, 0.717) is 16.9 Å². The number of ether oxygens (including phenoxy) is 2. The molecule has 1 atom stereocenters. The maximum Gasteiger partial charge on any atom is 0.343 e. The summed E-state index contributed by atoms with van der Waals surface area (Å²) in [7, 11) is 0. The second kappa shape index (κ2) is 9.94. The summed E-state index contributed by atoms with van der Waals surface area (Å²) in [6.45, 7) is 2.23. The number of benzene rings is 2. The summed E-state index contributed by atoms with van der Waals surface area (Å²) in [4.78, 5) is 12.4. The maximum atomic E-state index is 12.4. The Morgan fingerprint density at radius 3 is 2.68 bits per heavy atom. The van der Waals surface area contributed by atoms with Crippen LogP contribution in [0.5, 0.6) is 11.5 Å². The lowest BCUT2D eigenvalue weighted by molar-refractivity contribution is 0.0734. The van der Waals surface area contributed by atoms with E-state index >= 15 is 0 Å². The van der Waals surface area contributed by atoms with Crippen molar-refractivity contribution in [3.63, 3.8) is 0 Å². The predicted molar refractivity (Wildman–Crippen MR) is 109 cm³/mol. The SMILES string of the molecule is CCCCCCC[C@H]1CCc2cc(C(=O)Oc3ccc(C#N)cc3)ccc2O1. The Kier molecular flexibility index (Phi) is 7.08. The van der Waals surface area contributed by atoms with Crippen LogP contribution in [0.2, 0.25) is 0 Å². The number of hydrogen-bond donors (Lipinski definition) is 0. The molecule has 28 heavy (non-hydrogen) atoms. The fourth-order valence-electron chi connectivity index (χ4n) is 3.51. The van der Waals surface area contributed by atoms with Gasteiger partial charge < -0.3 is 9.47 Å². The van der Waals surface area contributed by atoms with Gasteiger partial charge in [0.1, 0.15) is 11.5 Å². The van der Waals surface area contributed by atoms with E-state index in [4.69, 9.17) is 14.7 Å². The summed E-state index contributed by atoms with van der Waals surface area (Å²) in [5, 5.41) is 8.83. The van der Waals surface area contributed by atoms with E-state index in [1.165, 1.54) is 32.1 Å². The number of hydrogen-bond acceptors (Lipinski definition) is 4. The molecule has 4 nitrogen and oxygen atoms in total. The zero-order valence-corrected chi connectivity index (χ0v) is 16.4. The largest absolute Gasteiger partial charge is 0.490 e. The topological polar surface area (TPSA) is 59.3 Å². The second-order valence-electron chi connectivity index (χ2n) is 7.33. The van der Waals surface area contributed by atoms with Crippen LogP contribution in [-0.4, -0.2) is 12.1 Å². The van der Waals surface area contributed by atoms with Crippen LogP contribution in [0.4, 0.5) is 0 Å². The van der Waals surface area contributed by atoms with Crippen molar-refractivity contribution in [2.75, 3.05) is 0 Å². The molecule has 0 aromatic heterocycles. The fourth-order valence-corrected chi connectivity index (χ4v) is 3.51. The van der Waals surface area contributed by atoms with Gasteiger partial charge in [0.05, 0.1) is 23.3 Å². The number of aryl methyl sites for hydroxylation is 1. The van der Waals surface area contributed by atoms with Crippen LogP contribution in [0, 0.1) is 11.3 Å². The molecular formula is C24H27NO3. The molecule has 1 aliphatic rings. The van der Waals surface area contributed by atoms with Crippen molar-refractivity contribution in [1.29, 1.82) is 5.26 Å². The Balaban J connectivity index is 1.55. The Labute approximate surface area is 167 Å². The van der Waals surface area contributed by atoms with Gasteiger partial charge in [0.15, 0.2) is 0 Å². The molecule has 1 aliphatic heterocycles. The third kappa shape index (κ3) is 5.36. The average molecular weight is 377 g/mol. The molecule has 2 aromatic rings. The molecule has 2 aromatic carbocycles. The molecule has 0 radical (unpaired) electrons. The van der Waals surface area contributed by atoms with Gasteiger partial charge in [-0.25, -0.2) is 4.79 Å². The lowest BCUT2D eigenvalue weighted by atomic mass is 9.97. The number of esters is 1. The van der Waals surface area contributed by atoms with Crippen LogP contribution in [0.3, 0.4) is 0 Å². The Hall–Kier alpha value is -2.80. The van der Waals surface area contributed by atoms with E-state index in [2.05, 4.69) is 6.92 Å².